The number of carbonyl (C=O) groups is 1. The van der Waals surface area contributed by atoms with Gasteiger partial charge < -0.3 is 5.32 Å². The van der Waals surface area contributed by atoms with E-state index in [1.165, 1.54) is 17.8 Å². The zero-order valence-corrected chi connectivity index (χ0v) is 18.0. The van der Waals surface area contributed by atoms with Crippen molar-refractivity contribution < 1.29 is 18.0 Å². The zero-order chi connectivity index (χ0) is 22.1. The summed E-state index contributed by atoms with van der Waals surface area (Å²) in [7, 11) is 0. The predicted octanol–water partition coefficient (Wildman–Crippen LogP) is 6.19. The molecule has 0 bridgehead atoms. The van der Waals surface area contributed by atoms with Gasteiger partial charge in [0.1, 0.15) is 0 Å². The van der Waals surface area contributed by atoms with Crippen molar-refractivity contribution in [2.45, 2.75) is 31.5 Å². The highest BCUT2D eigenvalue weighted by Gasteiger charge is 2.30. The largest absolute Gasteiger partial charge is 0.416 e. The molecule has 1 amide bonds. The summed E-state index contributed by atoms with van der Waals surface area (Å²) in [5.74, 6) is -0.374. The van der Waals surface area contributed by atoms with Gasteiger partial charge in [-0.2, -0.15) is 18.3 Å². The topological polar surface area (TPSA) is 46.9 Å². The molecular weight excluding hydrogens is 435 g/mol. The van der Waals surface area contributed by atoms with Crippen LogP contribution in [0.3, 0.4) is 0 Å². The number of rotatable bonds is 5. The lowest BCUT2D eigenvalue weighted by molar-refractivity contribution is -0.137. The fourth-order valence-corrected chi connectivity index (χ4v) is 3.68. The minimum absolute atomic E-state index is 0.148. The summed E-state index contributed by atoms with van der Waals surface area (Å²) in [4.78, 5) is 13.7. The number of nitrogens with one attached hydrogen (secondary N) is 1. The van der Waals surface area contributed by atoms with E-state index in [-0.39, 0.29) is 12.5 Å². The number of benzene rings is 2. The molecule has 0 aliphatic rings. The van der Waals surface area contributed by atoms with E-state index in [0.29, 0.717) is 33.2 Å². The van der Waals surface area contributed by atoms with Crippen molar-refractivity contribution in [3.8, 4) is 0 Å². The Morgan fingerprint density at radius 3 is 2.60 bits per heavy atom. The highest BCUT2D eigenvalue weighted by atomic mass is 35.5. The quantitative estimate of drug-likeness (QED) is 0.468. The van der Waals surface area contributed by atoms with Crippen molar-refractivity contribution in [3.05, 3.63) is 75.6 Å². The number of alkyl halides is 3. The van der Waals surface area contributed by atoms with Crippen molar-refractivity contribution in [3.63, 3.8) is 0 Å². The summed E-state index contributed by atoms with van der Waals surface area (Å²) in [6.45, 7) is 3.63. The molecular formula is C21H19ClF3N3OS. The van der Waals surface area contributed by atoms with Crippen LogP contribution in [-0.2, 0) is 12.7 Å². The molecule has 0 atom stereocenters. The monoisotopic (exact) mass is 453 g/mol. The second-order valence-electron chi connectivity index (χ2n) is 6.70. The van der Waals surface area contributed by atoms with Crippen LogP contribution in [0.1, 0.15) is 32.9 Å². The predicted molar refractivity (Wildman–Crippen MR) is 113 cm³/mol. The first-order chi connectivity index (χ1) is 14.1. The van der Waals surface area contributed by atoms with Gasteiger partial charge in [-0.3, -0.25) is 9.48 Å². The maximum absolute atomic E-state index is 13.0. The van der Waals surface area contributed by atoms with E-state index in [1.807, 2.05) is 12.3 Å². The normalized spacial score (nSPS) is 11.6. The molecule has 3 rings (SSSR count). The number of aromatic nitrogens is 2. The number of hydrogen-bond donors (Lipinski definition) is 1. The Hall–Kier alpha value is -2.45. The highest BCUT2D eigenvalue weighted by molar-refractivity contribution is 7.98. The summed E-state index contributed by atoms with van der Waals surface area (Å²) >= 11 is 7.67. The molecule has 3 aromatic rings. The fourth-order valence-electron chi connectivity index (χ4n) is 3.04. The van der Waals surface area contributed by atoms with E-state index in [9.17, 15) is 18.0 Å². The first-order valence-electron chi connectivity index (χ1n) is 8.95. The Balaban J connectivity index is 1.85. The summed E-state index contributed by atoms with van der Waals surface area (Å²) in [6.07, 6.45) is -2.51. The fraction of sp³-hybridized carbons (Fsp3) is 0.238. The van der Waals surface area contributed by atoms with Crippen LogP contribution in [0.15, 0.2) is 47.4 Å². The van der Waals surface area contributed by atoms with E-state index >= 15 is 0 Å². The minimum Gasteiger partial charge on any atom is -0.319 e. The molecule has 1 heterocycles. The number of amides is 1. The average Bonchev–Trinajstić information content (AvgIpc) is 2.95. The van der Waals surface area contributed by atoms with Crippen molar-refractivity contribution in [2.75, 3.05) is 11.6 Å². The highest BCUT2D eigenvalue weighted by Crippen LogP contribution is 2.30. The van der Waals surface area contributed by atoms with Gasteiger partial charge in [0.25, 0.3) is 5.91 Å². The van der Waals surface area contributed by atoms with Crippen LogP contribution in [0.25, 0.3) is 0 Å². The van der Waals surface area contributed by atoms with Gasteiger partial charge in [-0.05, 0) is 56.0 Å². The number of thioether (sulfide) groups is 1. The Kier molecular flexibility index (Phi) is 6.47. The summed E-state index contributed by atoms with van der Waals surface area (Å²) < 4.78 is 40.5. The van der Waals surface area contributed by atoms with Crippen LogP contribution in [-0.4, -0.2) is 21.9 Å². The number of aryl methyl sites for hydroxylation is 1. The zero-order valence-electron chi connectivity index (χ0n) is 16.5. The van der Waals surface area contributed by atoms with E-state index in [4.69, 9.17) is 11.6 Å². The second-order valence-corrected chi connectivity index (χ2v) is 7.99. The smallest absolute Gasteiger partial charge is 0.319 e. The Bertz CT molecular complexity index is 1100. The number of carbonyl (C=O) groups excluding carboxylic acids is 1. The van der Waals surface area contributed by atoms with Crippen LogP contribution in [0.5, 0.6) is 0 Å². The van der Waals surface area contributed by atoms with Crippen molar-refractivity contribution >= 4 is 35.0 Å². The third-order valence-corrected chi connectivity index (χ3v) is 5.68. The number of hydrogen-bond acceptors (Lipinski definition) is 3. The van der Waals surface area contributed by atoms with E-state index in [0.717, 1.165) is 17.0 Å². The minimum atomic E-state index is -4.41. The van der Waals surface area contributed by atoms with Gasteiger partial charge in [0.15, 0.2) is 0 Å². The van der Waals surface area contributed by atoms with Crippen LogP contribution >= 0.6 is 23.4 Å². The van der Waals surface area contributed by atoms with Crippen molar-refractivity contribution in [1.82, 2.24) is 9.78 Å². The van der Waals surface area contributed by atoms with E-state index in [2.05, 4.69) is 10.4 Å². The molecule has 4 nitrogen and oxygen atoms in total. The van der Waals surface area contributed by atoms with Gasteiger partial charge in [-0.15, -0.1) is 11.8 Å². The molecule has 0 aliphatic carbocycles. The standard InChI is InChI=1S/C21H19ClF3N3OS/c1-12-19(26-20(29)17-10-16(30-3)7-8-18(17)22)13(2)28(27-12)11-14-5-4-6-15(9-14)21(23,24)25/h4-10H,11H2,1-3H3,(H,26,29). The molecule has 1 N–H and O–H groups in total. The Morgan fingerprint density at radius 2 is 1.93 bits per heavy atom. The van der Waals surface area contributed by atoms with Crippen LogP contribution in [0.4, 0.5) is 18.9 Å². The van der Waals surface area contributed by atoms with Gasteiger partial charge >= 0.3 is 6.18 Å². The SMILES string of the molecule is CSc1ccc(Cl)c(C(=O)Nc2c(C)nn(Cc3cccc(C(F)(F)F)c3)c2C)c1. The summed E-state index contributed by atoms with van der Waals surface area (Å²) in [5.41, 5.74) is 1.80. The first kappa shape index (κ1) is 22.2. The third-order valence-electron chi connectivity index (χ3n) is 4.62. The van der Waals surface area contributed by atoms with Gasteiger partial charge in [-0.1, -0.05) is 23.7 Å². The summed E-state index contributed by atoms with van der Waals surface area (Å²) in [6, 6.07) is 10.3. The molecule has 0 aliphatic heterocycles. The van der Waals surface area contributed by atoms with Gasteiger partial charge in [-0.25, -0.2) is 0 Å². The molecule has 0 spiro atoms. The molecule has 0 unspecified atom stereocenters. The lowest BCUT2D eigenvalue weighted by Crippen LogP contribution is -2.14. The van der Waals surface area contributed by atoms with Crippen molar-refractivity contribution in [1.29, 1.82) is 0 Å². The molecule has 0 saturated heterocycles. The Labute approximate surface area is 181 Å². The maximum atomic E-state index is 13.0. The molecule has 1 aromatic heterocycles. The van der Waals surface area contributed by atoms with E-state index in [1.54, 1.807) is 36.7 Å². The lowest BCUT2D eigenvalue weighted by Gasteiger charge is -2.11. The molecule has 30 heavy (non-hydrogen) atoms. The molecule has 158 valence electrons. The van der Waals surface area contributed by atoms with Gasteiger partial charge in [0, 0.05) is 4.90 Å². The van der Waals surface area contributed by atoms with Gasteiger partial charge in [0.2, 0.25) is 0 Å². The Morgan fingerprint density at radius 1 is 1.20 bits per heavy atom. The van der Waals surface area contributed by atoms with Crippen LogP contribution < -0.4 is 5.32 Å². The van der Waals surface area contributed by atoms with Crippen LogP contribution in [0.2, 0.25) is 5.02 Å². The van der Waals surface area contributed by atoms with Crippen molar-refractivity contribution in [2.24, 2.45) is 0 Å². The number of halogens is 4. The molecule has 0 fully saturated rings. The molecule has 0 radical (unpaired) electrons. The molecule has 2 aromatic carbocycles. The average molecular weight is 454 g/mol. The molecule has 0 saturated carbocycles. The molecule has 9 heteroatoms. The lowest BCUT2D eigenvalue weighted by atomic mass is 10.1. The summed E-state index contributed by atoms with van der Waals surface area (Å²) in [5, 5.41) is 7.55. The number of anilines is 1. The van der Waals surface area contributed by atoms with Gasteiger partial charge in [0.05, 0.1) is 39.8 Å². The van der Waals surface area contributed by atoms with E-state index < -0.39 is 11.7 Å². The van der Waals surface area contributed by atoms with Crippen LogP contribution in [0, 0.1) is 13.8 Å². The maximum Gasteiger partial charge on any atom is 0.416 e. The second kappa shape index (κ2) is 8.73. The number of nitrogens with zero attached hydrogens (tertiary/aromatic N) is 2. The first-order valence-corrected chi connectivity index (χ1v) is 10.6. The third kappa shape index (κ3) is 4.82.